The molecule has 0 aromatic carbocycles. The van der Waals surface area contributed by atoms with Gasteiger partial charge in [-0.25, -0.2) is 8.42 Å². The Morgan fingerprint density at radius 1 is 1.18 bits per heavy atom. The van der Waals surface area contributed by atoms with E-state index in [4.69, 9.17) is 20.4 Å². The number of aliphatic hydroxyl groups is 4. The van der Waals surface area contributed by atoms with Crippen LogP contribution >= 0.6 is 0 Å². The molecule has 0 unspecified atom stereocenters. The van der Waals surface area contributed by atoms with Gasteiger partial charge >= 0.3 is 29.6 Å². The maximum Gasteiger partial charge on any atom is 1.00 e. The van der Waals surface area contributed by atoms with E-state index in [1.807, 2.05) is 0 Å². The van der Waals surface area contributed by atoms with Gasteiger partial charge in [-0.1, -0.05) is 0 Å². The number of carbonyl (C=O) groups is 1. The van der Waals surface area contributed by atoms with Gasteiger partial charge in [0.1, 0.15) is 24.4 Å². The van der Waals surface area contributed by atoms with Crippen LogP contribution in [0.4, 0.5) is 0 Å². The van der Waals surface area contributed by atoms with Crippen molar-refractivity contribution in [1.29, 1.82) is 0 Å². The molecule has 0 aliphatic heterocycles. The Kier molecular flexibility index (Phi) is 9.83. The van der Waals surface area contributed by atoms with E-state index in [9.17, 15) is 17.8 Å². The van der Waals surface area contributed by atoms with Crippen molar-refractivity contribution in [3.05, 3.63) is 0 Å². The molecule has 0 amide bonds. The van der Waals surface area contributed by atoms with Gasteiger partial charge in [0, 0.05) is 0 Å². The molecule has 0 radical (unpaired) electrons. The summed E-state index contributed by atoms with van der Waals surface area (Å²) >= 11 is 0. The second-order valence-corrected chi connectivity index (χ2v) is 3.92. The standard InChI is InChI=1S/C6H12O9S.Na/c7-1-3(8)5(10)6(11)4(9)2-15-16(12,13)14;/h1,3-6,8-11H,2H2,(H,12,13,14);/q;+1/p-1/t3-,4-,5-,6-;/m1./s1. The van der Waals surface area contributed by atoms with E-state index in [0.717, 1.165) is 0 Å². The molecule has 0 aromatic heterocycles. The summed E-state index contributed by atoms with van der Waals surface area (Å²) < 4.78 is 33.5. The van der Waals surface area contributed by atoms with Crippen molar-refractivity contribution in [2.75, 3.05) is 6.61 Å². The minimum Gasteiger partial charge on any atom is -0.726 e. The predicted octanol–water partition coefficient (Wildman–Crippen LogP) is -6.89. The quantitative estimate of drug-likeness (QED) is 0.154. The SMILES string of the molecule is O=C[C@@H](O)[C@@H](O)[C@H](O)[C@H](O)COS(=O)(=O)[O-].[Na+]. The molecular formula is C6H11NaO9S. The van der Waals surface area contributed by atoms with Crippen molar-refractivity contribution in [2.24, 2.45) is 0 Å². The van der Waals surface area contributed by atoms with E-state index in [-0.39, 0.29) is 35.8 Å². The fourth-order valence-corrected chi connectivity index (χ4v) is 1.07. The third-order valence-electron chi connectivity index (χ3n) is 1.62. The first-order valence-electron chi connectivity index (χ1n) is 3.97. The Balaban J connectivity index is 0. The summed E-state index contributed by atoms with van der Waals surface area (Å²) in [7, 11) is -5.04. The summed E-state index contributed by atoms with van der Waals surface area (Å²) in [6.07, 6.45) is -8.06. The minimum absolute atomic E-state index is 0. The molecule has 0 aliphatic rings. The first-order chi connectivity index (χ1) is 7.19. The summed E-state index contributed by atoms with van der Waals surface area (Å²) in [6, 6.07) is 0. The molecule has 0 spiro atoms. The smallest absolute Gasteiger partial charge is 0.726 e. The van der Waals surface area contributed by atoms with Crippen LogP contribution in [0.2, 0.25) is 0 Å². The third-order valence-corrected chi connectivity index (χ3v) is 2.04. The zero-order chi connectivity index (χ0) is 12.9. The van der Waals surface area contributed by atoms with E-state index in [1.165, 1.54) is 0 Å². The minimum atomic E-state index is -5.04. The fraction of sp³-hybridized carbons (Fsp3) is 0.833. The van der Waals surface area contributed by atoms with Crippen LogP contribution in [0.15, 0.2) is 0 Å². The molecule has 0 aromatic rings. The zero-order valence-electron chi connectivity index (χ0n) is 8.83. The summed E-state index contributed by atoms with van der Waals surface area (Å²) in [5, 5.41) is 35.9. The Morgan fingerprint density at radius 3 is 2.00 bits per heavy atom. The van der Waals surface area contributed by atoms with Crippen LogP contribution in [-0.2, 0) is 19.4 Å². The molecule has 9 nitrogen and oxygen atoms in total. The van der Waals surface area contributed by atoms with Gasteiger partial charge in [-0.15, -0.1) is 0 Å². The second-order valence-electron chi connectivity index (χ2n) is 2.87. The van der Waals surface area contributed by atoms with Gasteiger partial charge in [-0.3, -0.25) is 4.18 Å². The van der Waals surface area contributed by atoms with E-state index in [1.54, 1.807) is 0 Å². The van der Waals surface area contributed by atoms with Gasteiger partial charge in [0.05, 0.1) is 6.61 Å². The van der Waals surface area contributed by atoms with Crippen molar-refractivity contribution >= 4 is 16.7 Å². The predicted molar refractivity (Wildman–Crippen MR) is 45.7 cm³/mol. The average Bonchev–Trinajstić information content (AvgIpc) is 2.21. The van der Waals surface area contributed by atoms with Crippen LogP contribution in [0.1, 0.15) is 0 Å². The summed E-state index contributed by atoms with van der Waals surface area (Å²) in [5.74, 6) is 0. The molecule has 4 N–H and O–H groups in total. The van der Waals surface area contributed by atoms with Gasteiger partial charge in [0.15, 0.2) is 6.29 Å². The van der Waals surface area contributed by atoms with Gasteiger partial charge in [-0.05, 0) is 0 Å². The third kappa shape index (κ3) is 8.15. The van der Waals surface area contributed by atoms with E-state index >= 15 is 0 Å². The molecule has 0 bridgehead atoms. The summed E-state index contributed by atoms with van der Waals surface area (Å²) in [4.78, 5) is 10.0. The van der Waals surface area contributed by atoms with Gasteiger partial charge in [-0.2, -0.15) is 0 Å². The van der Waals surface area contributed by atoms with E-state index in [0.29, 0.717) is 0 Å². The molecule has 0 saturated heterocycles. The zero-order valence-corrected chi connectivity index (χ0v) is 11.6. The molecule has 0 heterocycles. The van der Waals surface area contributed by atoms with Crippen LogP contribution in [0.5, 0.6) is 0 Å². The summed E-state index contributed by atoms with van der Waals surface area (Å²) in [5.41, 5.74) is 0. The van der Waals surface area contributed by atoms with E-state index in [2.05, 4.69) is 4.18 Å². The summed E-state index contributed by atoms with van der Waals surface area (Å²) in [6.45, 7) is -1.10. The van der Waals surface area contributed by atoms with Crippen LogP contribution < -0.4 is 29.6 Å². The number of aliphatic hydroxyl groups excluding tert-OH is 4. The first kappa shape index (κ1) is 19.7. The molecule has 0 fully saturated rings. The maximum atomic E-state index is 10.0. The van der Waals surface area contributed by atoms with Crippen LogP contribution in [0.25, 0.3) is 0 Å². The number of hydrogen-bond acceptors (Lipinski definition) is 9. The molecule has 0 saturated carbocycles. The number of aldehydes is 1. The molecule has 96 valence electrons. The Hall–Kier alpha value is 0.380. The normalized spacial score (nSPS) is 18.6. The molecule has 0 aliphatic carbocycles. The van der Waals surface area contributed by atoms with Crippen molar-refractivity contribution in [2.45, 2.75) is 24.4 Å². The van der Waals surface area contributed by atoms with Crippen LogP contribution in [0.3, 0.4) is 0 Å². The monoisotopic (exact) mass is 282 g/mol. The Morgan fingerprint density at radius 2 is 1.65 bits per heavy atom. The second kappa shape index (κ2) is 8.48. The molecule has 4 atom stereocenters. The van der Waals surface area contributed by atoms with Crippen LogP contribution in [0, 0.1) is 0 Å². The Bertz CT molecular complexity index is 317. The van der Waals surface area contributed by atoms with Gasteiger partial charge < -0.3 is 29.8 Å². The largest absolute Gasteiger partial charge is 1.00 e. The average molecular weight is 282 g/mol. The molecular weight excluding hydrogens is 271 g/mol. The van der Waals surface area contributed by atoms with Crippen molar-refractivity contribution in [3.63, 3.8) is 0 Å². The van der Waals surface area contributed by atoms with Gasteiger partial charge in [0.25, 0.3) is 0 Å². The fourth-order valence-electron chi connectivity index (χ4n) is 0.762. The molecule has 17 heavy (non-hydrogen) atoms. The topological polar surface area (TPSA) is 164 Å². The Labute approximate surface area is 119 Å². The maximum absolute atomic E-state index is 10.0. The molecule has 11 heteroatoms. The number of carbonyl (C=O) groups excluding carboxylic acids is 1. The van der Waals surface area contributed by atoms with E-state index < -0.39 is 41.4 Å². The van der Waals surface area contributed by atoms with Crippen molar-refractivity contribution in [3.8, 4) is 0 Å². The number of rotatable bonds is 7. The first-order valence-corrected chi connectivity index (χ1v) is 5.30. The van der Waals surface area contributed by atoms with Gasteiger partial charge in [0.2, 0.25) is 10.4 Å². The van der Waals surface area contributed by atoms with Crippen molar-refractivity contribution in [1.82, 2.24) is 0 Å². The van der Waals surface area contributed by atoms with Crippen molar-refractivity contribution < 1.29 is 71.9 Å². The molecule has 0 rings (SSSR count). The van der Waals surface area contributed by atoms with Crippen LogP contribution in [-0.4, -0.2) is 70.7 Å². The number of hydrogen-bond donors (Lipinski definition) is 4.